The molecule has 23 heteroatoms. The molecule has 1 aliphatic carbocycles. The van der Waals surface area contributed by atoms with Crippen molar-refractivity contribution in [1.82, 2.24) is 34.8 Å². The first-order valence-corrected chi connectivity index (χ1v) is 18.9. The molecule has 1 saturated carbocycles. The highest BCUT2D eigenvalue weighted by molar-refractivity contribution is 7.33. The maximum atomic E-state index is 13.4. The third-order valence-corrected chi connectivity index (χ3v) is 10.6. The normalized spacial score (nSPS) is 27.9. The van der Waals surface area contributed by atoms with Crippen molar-refractivity contribution in [3.63, 3.8) is 0 Å². The number of nitrogens with one attached hydrogen (secondary N) is 3. The van der Waals surface area contributed by atoms with Crippen LogP contribution in [-0.4, -0.2) is 96.2 Å². The molecule has 54 heavy (non-hydrogen) atoms. The highest BCUT2D eigenvalue weighted by atomic mass is 31.1. The van der Waals surface area contributed by atoms with Crippen LogP contribution < -0.4 is 26.7 Å². The van der Waals surface area contributed by atoms with Crippen molar-refractivity contribution in [3.05, 3.63) is 70.7 Å². The van der Waals surface area contributed by atoms with Gasteiger partial charge in [0.2, 0.25) is 17.7 Å². The van der Waals surface area contributed by atoms with Crippen molar-refractivity contribution < 1.29 is 51.4 Å². The van der Waals surface area contributed by atoms with E-state index in [4.69, 9.17) is 33.3 Å². The number of H-pyrrole nitrogens is 1. The van der Waals surface area contributed by atoms with E-state index in [1.165, 1.54) is 36.4 Å². The predicted molar refractivity (Wildman–Crippen MR) is 184 cm³/mol. The first kappa shape index (κ1) is 37.6. The van der Waals surface area contributed by atoms with Gasteiger partial charge in [0.05, 0.1) is 12.4 Å². The van der Waals surface area contributed by atoms with Crippen molar-refractivity contribution in [2.45, 2.75) is 69.1 Å². The van der Waals surface area contributed by atoms with Crippen LogP contribution in [0.15, 0.2) is 54.0 Å². The van der Waals surface area contributed by atoms with Gasteiger partial charge in [-0.3, -0.25) is 29.3 Å². The zero-order chi connectivity index (χ0) is 37.9. The molecular formula is C31H35N9O12P2+2. The van der Waals surface area contributed by atoms with Gasteiger partial charge in [-0.1, -0.05) is 18.2 Å². The Morgan fingerprint density at radius 2 is 1.91 bits per heavy atom. The summed E-state index contributed by atoms with van der Waals surface area (Å²) in [6.45, 7) is 0.982. The van der Waals surface area contributed by atoms with Crippen LogP contribution in [0, 0.1) is 5.92 Å². The number of rotatable bonds is 8. The summed E-state index contributed by atoms with van der Waals surface area (Å²) in [5, 5.41) is 16.5. The van der Waals surface area contributed by atoms with Crippen molar-refractivity contribution >= 4 is 45.4 Å². The summed E-state index contributed by atoms with van der Waals surface area (Å²) in [6.07, 6.45) is -1.62. The second-order valence-corrected chi connectivity index (χ2v) is 14.5. The molecule has 284 valence electrons. The number of hydrogen-bond acceptors (Lipinski definition) is 17. The average molecular weight is 788 g/mol. The summed E-state index contributed by atoms with van der Waals surface area (Å²) < 4.78 is 61.9. The number of ether oxygens (including phenoxy) is 2. The molecule has 3 fully saturated rings. The number of carbonyl (C=O) groups is 2. The number of aromatic amines is 1. The molecule has 2 amide bonds. The third-order valence-electron chi connectivity index (χ3n) is 8.98. The first-order chi connectivity index (χ1) is 26.0. The maximum absolute atomic E-state index is 13.4. The number of aromatic nitrogens is 6. The van der Waals surface area contributed by atoms with Crippen molar-refractivity contribution in [2.24, 2.45) is 11.7 Å². The Kier molecular flexibility index (Phi) is 11.4. The number of benzene rings is 1. The van der Waals surface area contributed by atoms with Crippen molar-refractivity contribution in [2.75, 3.05) is 18.5 Å². The second-order valence-electron chi connectivity index (χ2n) is 12.7. The molecule has 2 saturated heterocycles. The van der Waals surface area contributed by atoms with E-state index < -0.39 is 83.1 Å². The molecule has 3 aromatic heterocycles. The Balaban J connectivity index is 1.09. The molecule has 5 heterocycles. The third kappa shape index (κ3) is 8.34. The van der Waals surface area contributed by atoms with E-state index in [0.717, 1.165) is 0 Å². The minimum atomic E-state index is -2.88. The van der Waals surface area contributed by atoms with Gasteiger partial charge in [-0.2, -0.15) is 4.98 Å². The molecule has 4 aromatic rings. The fourth-order valence-corrected chi connectivity index (χ4v) is 7.91. The van der Waals surface area contributed by atoms with Gasteiger partial charge < -0.3 is 25.6 Å². The lowest BCUT2D eigenvalue weighted by Crippen LogP contribution is -2.38. The van der Waals surface area contributed by atoms with E-state index in [0.29, 0.717) is 24.3 Å². The number of amides is 2. The lowest BCUT2D eigenvalue weighted by atomic mass is 10.1. The molecule has 3 aliphatic rings. The van der Waals surface area contributed by atoms with Crippen LogP contribution in [0.5, 0.6) is 5.88 Å². The van der Waals surface area contributed by atoms with Crippen LogP contribution in [0.25, 0.3) is 11.2 Å². The summed E-state index contributed by atoms with van der Waals surface area (Å²) in [7, 11) is -5.60. The summed E-state index contributed by atoms with van der Waals surface area (Å²) in [5.74, 6) is -1.39. The smallest absolute Gasteiger partial charge is 0.474 e. The van der Waals surface area contributed by atoms with Crippen LogP contribution in [0.4, 0.5) is 5.95 Å². The standard InChI is InChI=1S/C31H33N9O12P2/c1-15(32)27(42)34-10-16-4-2-3-5-19(16)28(43)38-31-37-26-23(29(44)39-31)36-14-40(26)30-25-24(41)21(50-30)12-48-53(45)51-20-9-18(49-22-6-7-33-13-35-22)8-17(20)11-47-54(46)52-25/h2-7,13-15,17-18,20-21,24-25,30,41H,8-12,32H2,1H3,(H-2,34,37,38,39,42,43,44)/p+2/t15-,17+,18+,20-,21+,24+,25+,30+/m0/s1. The Bertz CT molecular complexity index is 2100. The number of hydrogen-bond donors (Lipinski definition) is 5. The van der Waals surface area contributed by atoms with Crippen LogP contribution in [-0.2, 0) is 43.3 Å². The predicted octanol–water partition coefficient (Wildman–Crippen LogP) is 1.37. The van der Waals surface area contributed by atoms with E-state index in [1.807, 2.05) is 0 Å². The fraction of sp³-hybridized carbons (Fsp3) is 0.452. The summed E-state index contributed by atoms with van der Waals surface area (Å²) in [6, 6.07) is 7.34. The van der Waals surface area contributed by atoms with Gasteiger partial charge in [-0.05, 0) is 25.0 Å². The molecule has 2 aliphatic heterocycles. The monoisotopic (exact) mass is 787 g/mol. The first-order valence-electron chi connectivity index (χ1n) is 16.7. The van der Waals surface area contributed by atoms with Crippen LogP contribution >= 0.6 is 16.5 Å². The molecule has 6 N–H and O–H groups in total. The number of imidazole rings is 1. The van der Waals surface area contributed by atoms with Crippen molar-refractivity contribution in [1.29, 1.82) is 0 Å². The topological polar surface area (TPSA) is 283 Å². The largest absolute Gasteiger partial charge is 0.697 e. The van der Waals surface area contributed by atoms with Crippen LogP contribution in [0.2, 0.25) is 0 Å². The van der Waals surface area contributed by atoms with E-state index in [-0.39, 0.29) is 41.9 Å². The highest BCUT2D eigenvalue weighted by Crippen LogP contribution is 2.44. The van der Waals surface area contributed by atoms with E-state index >= 15 is 0 Å². The molecular weight excluding hydrogens is 752 g/mol. The van der Waals surface area contributed by atoms with Gasteiger partial charge in [0, 0.05) is 45.8 Å². The number of aliphatic hydroxyl groups excluding tert-OH is 1. The van der Waals surface area contributed by atoms with Gasteiger partial charge in [0.15, 0.2) is 23.5 Å². The molecule has 10 atom stereocenters. The lowest BCUT2D eigenvalue weighted by molar-refractivity contribution is -0.122. The number of fused-ring (bicyclic) bond motifs is 4. The molecule has 21 nitrogen and oxygen atoms in total. The van der Waals surface area contributed by atoms with Crippen LogP contribution in [0.1, 0.15) is 41.9 Å². The van der Waals surface area contributed by atoms with Gasteiger partial charge in [-0.25, -0.2) is 15.0 Å². The Labute approximate surface area is 307 Å². The minimum absolute atomic E-state index is 0.0138. The van der Waals surface area contributed by atoms with E-state index in [1.54, 1.807) is 24.3 Å². The Hall–Kier alpha value is -4.69. The number of aliphatic hydroxyl groups is 1. The number of anilines is 1. The van der Waals surface area contributed by atoms with Gasteiger partial charge >= 0.3 is 16.5 Å². The Morgan fingerprint density at radius 3 is 2.70 bits per heavy atom. The Morgan fingerprint density at radius 1 is 1.11 bits per heavy atom. The number of nitrogens with zero attached hydrogens (tertiary/aromatic N) is 5. The molecule has 7 rings (SSSR count). The molecule has 2 unspecified atom stereocenters. The van der Waals surface area contributed by atoms with Gasteiger partial charge in [-0.15, -0.1) is 18.1 Å². The number of carbonyl (C=O) groups excluding carboxylic acids is 2. The SMILES string of the molecule is C[C@H](N)C(=O)NCc1ccccc1C(=O)Nc1nc2c(ncn2[C@@H]2O[C@@H]3CO[P+](=O)O[C@H]4C[C@H](Oc5ccncn5)C[C@@H]4CO[P+](=O)O[C@@H]2[C@@H]3O)c(=O)[nH]1. The molecule has 2 bridgehead atoms. The quantitative estimate of drug-likeness (QED) is 0.158. The zero-order valence-electron chi connectivity index (χ0n) is 28.4. The molecule has 0 radical (unpaired) electrons. The van der Waals surface area contributed by atoms with Gasteiger partial charge in [0.25, 0.3) is 11.5 Å². The number of nitrogens with two attached hydrogens (primary N) is 1. The molecule has 1 aromatic carbocycles. The van der Waals surface area contributed by atoms with E-state index in [9.17, 15) is 28.6 Å². The van der Waals surface area contributed by atoms with Crippen molar-refractivity contribution in [3.8, 4) is 5.88 Å². The van der Waals surface area contributed by atoms with Gasteiger partial charge in [0.1, 0.15) is 44.0 Å². The van der Waals surface area contributed by atoms with E-state index in [2.05, 4.69) is 35.6 Å². The molecule has 0 spiro atoms. The maximum Gasteiger partial charge on any atom is 0.697 e. The lowest BCUT2D eigenvalue weighted by Gasteiger charge is -2.17. The fourth-order valence-electron chi connectivity index (χ4n) is 6.30. The summed E-state index contributed by atoms with van der Waals surface area (Å²) >= 11 is 0. The average Bonchev–Trinajstić information content (AvgIpc) is 3.84. The summed E-state index contributed by atoms with van der Waals surface area (Å²) in [5.41, 5.74) is 5.32. The zero-order valence-corrected chi connectivity index (χ0v) is 30.2. The highest BCUT2D eigenvalue weighted by Gasteiger charge is 2.54. The second kappa shape index (κ2) is 16.4. The van der Waals surface area contributed by atoms with Crippen LogP contribution in [0.3, 0.4) is 0 Å². The minimum Gasteiger partial charge on any atom is -0.474 e. The summed E-state index contributed by atoms with van der Waals surface area (Å²) in [4.78, 5) is 57.4.